The van der Waals surface area contributed by atoms with Crippen LogP contribution in [0.2, 0.25) is 0 Å². The molecular formula is C8H16N2O2. The number of aliphatic hydroxyl groups excluding tert-OH is 2. The Kier molecular flexibility index (Phi) is 2.32. The van der Waals surface area contributed by atoms with Crippen molar-refractivity contribution in [2.45, 2.75) is 24.7 Å². The minimum atomic E-state index is -0.243. The first-order chi connectivity index (χ1) is 5.77. The van der Waals surface area contributed by atoms with Gasteiger partial charge in [0.15, 0.2) is 0 Å². The quantitative estimate of drug-likeness (QED) is 0.380. The fourth-order valence-electron chi connectivity index (χ4n) is 2.17. The highest BCUT2D eigenvalue weighted by molar-refractivity contribution is 4.94. The van der Waals surface area contributed by atoms with E-state index < -0.39 is 0 Å². The fourth-order valence-corrected chi connectivity index (χ4v) is 2.17. The van der Waals surface area contributed by atoms with E-state index in [-0.39, 0.29) is 18.1 Å². The van der Waals surface area contributed by atoms with Crippen molar-refractivity contribution in [3.05, 3.63) is 0 Å². The van der Waals surface area contributed by atoms with Crippen LogP contribution in [0.5, 0.6) is 0 Å². The molecular weight excluding hydrogens is 156 g/mol. The minimum Gasteiger partial charge on any atom is -0.392 e. The van der Waals surface area contributed by atoms with Crippen LogP contribution in [0.1, 0.15) is 6.42 Å². The van der Waals surface area contributed by atoms with Crippen molar-refractivity contribution in [2.75, 3.05) is 19.6 Å². The second-order valence-electron chi connectivity index (χ2n) is 3.79. The highest BCUT2D eigenvalue weighted by Gasteiger charge is 2.36. The number of hydrogen-bond acceptors (Lipinski definition) is 4. The van der Waals surface area contributed by atoms with E-state index in [2.05, 4.69) is 10.6 Å². The van der Waals surface area contributed by atoms with Gasteiger partial charge < -0.3 is 20.8 Å². The first-order valence-corrected chi connectivity index (χ1v) is 4.57. The number of rotatable bonds is 1. The van der Waals surface area contributed by atoms with Crippen LogP contribution in [0.25, 0.3) is 0 Å². The molecule has 0 amide bonds. The maximum Gasteiger partial charge on any atom is 0.0719 e. The Hall–Kier alpha value is -0.160. The van der Waals surface area contributed by atoms with Gasteiger partial charge >= 0.3 is 0 Å². The van der Waals surface area contributed by atoms with E-state index in [0.29, 0.717) is 19.1 Å². The van der Waals surface area contributed by atoms with Gasteiger partial charge in [0.05, 0.1) is 12.2 Å². The van der Waals surface area contributed by atoms with Gasteiger partial charge in [0.2, 0.25) is 0 Å². The minimum absolute atomic E-state index is 0.220. The molecule has 0 radical (unpaired) electrons. The van der Waals surface area contributed by atoms with Crippen LogP contribution in [0.3, 0.4) is 0 Å². The third-order valence-electron chi connectivity index (χ3n) is 2.89. The lowest BCUT2D eigenvalue weighted by Gasteiger charge is -2.20. The normalized spacial score (nSPS) is 48.5. The number of nitrogens with one attached hydrogen (secondary N) is 2. The Balaban J connectivity index is 1.91. The second kappa shape index (κ2) is 3.30. The smallest absolute Gasteiger partial charge is 0.0719 e. The van der Waals surface area contributed by atoms with Crippen molar-refractivity contribution in [2.24, 2.45) is 5.92 Å². The molecule has 2 saturated heterocycles. The van der Waals surface area contributed by atoms with Crippen molar-refractivity contribution >= 4 is 0 Å². The number of aliphatic hydroxyl groups is 2. The van der Waals surface area contributed by atoms with Crippen molar-refractivity contribution in [1.29, 1.82) is 0 Å². The van der Waals surface area contributed by atoms with Crippen LogP contribution in [0.15, 0.2) is 0 Å². The lowest BCUT2D eigenvalue weighted by Crippen LogP contribution is -2.37. The molecule has 0 saturated carbocycles. The molecule has 0 aromatic carbocycles. The van der Waals surface area contributed by atoms with Crippen molar-refractivity contribution in [3.8, 4) is 0 Å². The zero-order valence-corrected chi connectivity index (χ0v) is 7.03. The molecule has 2 fully saturated rings. The summed E-state index contributed by atoms with van der Waals surface area (Å²) >= 11 is 0. The van der Waals surface area contributed by atoms with Crippen LogP contribution in [-0.4, -0.2) is 48.1 Å². The predicted molar refractivity (Wildman–Crippen MR) is 44.8 cm³/mol. The van der Waals surface area contributed by atoms with Gasteiger partial charge in [-0.2, -0.15) is 0 Å². The third-order valence-corrected chi connectivity index (χ3v) is 2.89. The molecule has 4 heteroatoms. The summed E-state index contributed by atoms with van der Waals surface area (Å²) in [5.74, 6) is 0.280. The molecule has 1 unspecified atom stereocenters. The van der Waals surface area contributed by atoms with Crippen LogP contribution in [0, 0.1) is 5.92 Å². The van der Waals surface area contributed by atoms with Gasteiger partial charge in [-0.15, -0.1) is 0 Å². The summed E-state index contributed by atoms with van der Waals surface area (Å²) in [6.45, 7) is 2.23. The van der Waals surface area contributed by atoms with E-state index in [0.717, 1.165) is 13.0 Å². The molecule has 70 valence electrons. The van der Waals surface area contributed by atoms with E-state index in [4.69, 9.17) is 0 Å². The average Bonchev–Trinajstić information content (AvgIpc) is 2.58. The highest BCUT2D eigenvalue weighted by atomic mass is 16.3. The number of β-amino-alcohol motifs (C(OH)–C–C–N with tert-alkyl or cyclic N) is 2. The van der Waals surface area contributed by atoms with Crippen LogP contribution in [0.4, 0.5) is 0 Å². The molecule has 4 N–H and O–H groups in total. The molecule has 4 nitrogen and oxygen atoms in total. The van der Waals surface area contributed by atoms with Gasteiger partial charge in [-0.25, -0.2) is 0 Å². The Labute approximate surface area is 72.0 Å². The Bertz CT molecular complexity index is 165. The zero-order valence-electron chi connectivity index (χ0n) is 7.03. The first kappa shape index (κ1) is 8.44. The van der Waals surface area contributed by atoms with Crippen molar-refractivity contribution < 1.29 is 10.2 Å². The van der Waals surface area contributed by atoms with Crippen LogP contribution in [-0.2, 0) is 0 Å². The summed E-state index contributed by atoms with van der Waals surface area (Å²) in [4.78, 5) is 0. The van der Waals surface area contributed by atoms with Gasteiger partial charge in [0, 0.05) is 31.6 Å². The molecule has 2 rings (SSSR count). The van der Waals surface area contributed by atoms with Crippen molar-refractivity contribution in [3.63, 3.8) is 0 Å². The van der Waals surface area contributed by atoms with Crippen LogP contribution < -0.4 is 10.6 Å². The summed E-state index contributed by atoms with van der Waals surface area (Å²) in [6.07, 6.45) is 0.319. The summed E-state index contributed by atoms with van der Waals surface area (Å²) in [5.41, 5.74) is 0. The maximum absolute atomic E-state index is 9.55. The lowest BCUT2D eigenvalue weighted by atomic mass is 9.95. The van der Waals surface area contributed by atoms with E-state index >= 15 is 0 Å². The molecule has 0 bridgehead atoms. The molecule has 0 aliphatic carbocycles. The van der Waals surface area contributed by atoms with E-state index in [1.54, 1.807) is 0 Å². The largest absolute Gasteiger partial charge is 0.392 e. The summed E-state index contributed by atoms with van der Waals surface area (Å²) < 4.78 is 0. The maximum atomic E-state index is 9.55. The SMILES string of the molecule is OC1CNC[C@H]1[C@@H]1C[C@@H](O)CN1. The standard InChI is InChI=1S/C8H16N2O2/c11-5-1-7(10-2-5)6-3-9-4-8(6)12/h5-12H,1-4H2/t5-,6+,7+,8?/m1/s1. The van der Waals surface area contributed by atoms with E-state index in [9.17, 15) is 10.2 Å². The molecule has 12 heavy (non-hydrogen) atoms. The van der Waals surface area contributed by atoms with E-state index in [1.165, 1.54) is 0 Å². The van der Waals surface area contributed by atoms with Crippen molar-refractivity contribution in [1.82, 2.24) is 10.6 Å². The Morgan fingerprint density at radius 3 is 2.42 bits per heavy atom. The molecule has 2 aliphatic heterocycles. The Morgan fingerprint density at radius 2 is 1.92 bits per heavy atom. The predicted octanol–water partition coefficient (Wildman–Crippen LogP) is -1.71. The second-order valence-corrected chi connectivity index (χ2v) is 3.79. The summed E-state index contributed by atoms with van der Waals surface area (Å²) in [5, 5.41) is 25.2. The van der Waals surface area contributed by atoms with Gasteiger partial charge in [-0.05, 0) is 6.42 Å². The zero-order chi connectivity index (χ0) is 8.55. The highest BCUT2D eigenvalue weighted by Crippen LogP contribution is 2.20. The topological polar surface area (TPSA) is 64.5 Å². The van der Waals surface area contributed by atoms with Gasteiger partial charge in [0.25, 0.3) is 0 Å². The third kappa shape index (κ3) is 1.47. The fraction of sp³-hybridized carbons (Fsp3) is 1.00. The molecule has 4 atom stereocenters. The average molecular weight is 172 g/mol. The monoisotopic (exact) mass is 172 g/mol. The molecule has 2 aliphatic rings. The summed E-state index contributed by atoms with van der Waals surface area (Å²) in [7, 11) is 0. The van der Waals surface area contributed by atoms with Gasteiger partial charge in [-0.3, -0.25) is 0 Å². The van der Waals surface area contributed by atoms with Gasteiger partial charge in [0.1, 0.15) is 0 Å². The summed E-state index contributed by atoms with van der Waals surface area (Å²) in [6, 6.07) is 0.296. The number of hydrogen-bond donors (Lipinski definition) is 4. The molecule has 0 aromatic heterocycles. The van der Waals surface area contributed by atoms with Crippen LogP contribution >= 0.6 is 0 Å². The molecule has 0 aromatic rings. The molecule has 0 spiro atoms. The molecule has 2 heterocycles. The first-order valence-electron chi connectivity index (χ1n) is 4.57. The van der Waals surface area contributed by atoms with E-state index in [1.807, 2.05) is 0 Å². The lowest BCUT2D eigenvalue weighted by molar-refractivity contribution is 0.123. The Morgan fingerprint density at radius 1 is 1.08 bits per heavy atom. The van der Waals surface area contributed by atoms with Gasteiger partial charge in [-0.1, -0.05) is 0 Å².